The molecule has 1 amide bonds. The van der Waals surface area contributed by atoms with Crippen LogP contribution in [0, 0.1) is 5.92 Å². The van der Waals surface area contributed by atoms with Crippen LogP contribution in [-0.4, -0.2) is 18.0 Å². The van der Waals surface area contributed by atoms with Crippen molar-refractivity contribution in [3.8, 4) is 0 Å². The quantitative estimate of drug-likeness (QED) is 0.853. The normalized spacial score (nSPS) is 19.1. The fraction of sp³-hybridized carbons (Fsp3) is 0.562. The van der Waals surface area contributed by atoms with Crippen molar-refractivity contribution in [1.29, 1.82) is 0 Å². The highest BCUT2D eigenvalue weighted by Gasteiger charge is 2.24. The highest BCUT2D eigenvalue weighted by Crippen LogP contribution is 2.27. The maximum absolute atomic E-state index is 12.1. The third-order valence-electron chi connectivity index (χ3n) is 4.11. The van der Waals surface area contributed by atoms with Gasteiger partial charge in [0.1, 0.15) is 0 Å². The molecule has 1 saturated carbocycles. The molecule has 1 aliphatic carbocycles. The molecule has 19 heavy (non-hydrogen) atoms. The standard InChI is InChI=1S/C16H24N2O/c1-12(14-9-5-6-10-14)18-16(19)15(17)11-13-7-3-2-4-8-13/h2-4,7-8,12,14-15H,5-6,9-11,17H2,1H3,(H,18,19)/t12?,15-/m1/s1. The Bertz CT molecular complexity index is 398. The third kappa shape index (κ3) is 4.06. The van der Waals surface area contributed by atoms with Crippen LogP contribution in [-0.2, 0) is 11.2 Å². The van der Waals surface area contributed by atoms with E-state index >= 15 is 0 Å². The van der Waals surface area contributed by atoms with Gasteiger partial charge in [0.05, 0.1) is 6.04 Å². The Kier molecular flexibility index (Phi) is 4.97. The molecule has 1 aromatic rings. The van der Waals surface area contributed by atoms with Crippen LogP contribution in [0.25, 0.3) is 0 Å². The first-order valence-electron chi connectivity index (χ1n) is 7.26. The molecule has 0 bridgehead atoms. The number of hydrogen-bond acceptors (Lipinski definition) is 2. The van der Waals surface area contributed by atoms with Gasteiger partial charge in [-0.3, -0.25) is 4.79 Å². The summed E-state index contributed by atoms with van der Waals surface area (Å²) < 4.78 is 0. The van der Waals surface area contributed by atoms with Crippen molar-refractivity contribution in [1.82, 2.24) is 5.32 Å². The smallest absolute Gasteiger partial charge is 0.237 e. The van der Waals surface area contributed by atoms with Gasteiger partial charge in [0.2, 0.25) is 5.91 Å². The van der Waals surface area contributed by atoms with E-state index in [0.717, 1.165) is 5.56 Å². The molecule has 0 saturated heterocycles. The SMILES string of the molecule is CC(NC(=O)[C@H](N)Cc1ccccc1)C1CCCC1. The molecule has 1 aromatic carbocycles. The van der Waals surface area contributed by atoms with Crippen LogP contribution in [0.2, 0.25) is 0 Å². The predicted molar refractivity (Wildman–Crippen MR) is 77.7 cm³/mol. The number of hydrogen-bond donors (Lipinski definition) is 2. The highest BCUT2D eigenvalue weighted by molar-refractivity contribution is 5.82. The fourth-order valence-corrected chi connectivity index (χ4v) is 2.87. The number of nitrogens with two attached hydrogens (primary N) is 1. The molecule has 1 aliphatic rings. The second-order valence-corrected chi connectivity index (χ2v) is 5.64. The number of nitrogens with one attached hydrogen (secondary N) is 1. The van der Waals surface area contributed by atoms with Gasteiger partial charge in [-0.1, -0.05) is 43.2 Å². The fourth-order valence-electron chi connectivity index (χ4n) is 2.87. The first-order valence-corrected chi connectivity index (χ1v) is 7.26. The van der Waals surface area contributed by atoms with Crippen LogP contribution in [0.5, 0.6) is 0 Å². The van der Waals surface area contributed by atoms with E-state index in [1.165, 1.54) is 25.7 Å². The van der Waals surface area contributed by atoms with Crippen LogP contribution >= 0.6 is 0 Å². The Morgan fingerprint density at radius 1 is 1.32 bits per heavy atom. The first-order chi connectivity index (χ1) is 9.16. The van der Waals surface area contributed by atoms with Crippen molar-refractivity contribution in [2.24, 2.45) is 11.7 Å². The summed E-state index contributed by atoms with van der Waals surface area (Å²) in [5, 5.41) is 3.08. The Morgan fingerprint density at radius 2 is 1.95 bits per heavy atom. The van der Waals surface area contributed by atoms with Gasteiger partial charge in [0.15, 0.2) is 0 Å². The summed E-state index contributed by atoms with van der Waals surface area (Å²) in [7, 11) is 0. The molecular formula is C16H24N2O. The number of amides is 1. The average Bonchev–Trinajstić information content (AvgIpc) is 2.93. The molecule has 0 radical (unpaired) electrons. The van der Waals surface area contributed by atoms with Crippen LogP contribution in [0.15, 0.2) is 30.3 Å². The lowest BCUT2D eigenvalue weighted by atomic mass is 9.99. The molecule has 0 aliphatic heterocycles. The lowest BCUT2D eigenvalue weighted by molar-refractivity contribution is -0.123. The topological polar surface area (TPSA) is 55.1 Å². The molecule has 3 N–H and O–H groups in total. The Hall–Kier alpha value is -1.35. The van der Waals surface area contributed by atoms with E-state index in [1.54, 1.807) is 0 Å². The first kappa shape index (κ1) is 14.1. The van der Waals surface area contributed by atoms with E-state index in [9.17, 15) is 4.79 Å². The van der Waals surface area contributed by atoms with Crippen molar-refractivity contribution >= 4 is 5.91 Å². The van der Waals surface area contributed by atoms with E-state index in [1.807, 2.05) is 30.3 Å². The second kappa shape index (κ2) is 6.71. The van der Waals surface area contributed by atoms with E-state index in [2.05, 4.69) is 12.2 Å². The number of rotatable bonds is 5. The van der Waals surface area contributed by atoms with Crippen molar-refractivity contribution in [2.75, 3.05) is 0 Å². The Balaban J connectivity index is 1.82. The summed E-state index contributed by atoms with van der Waals surface area (Å²) in [4.78, 5) is 12.1. The molecule has 2 atom stereocenters. The van der Waals surface area contributed by atoms with Gasteiger partial charge in [0, 0.05) is 6.04 Å². The van der Waals surface area contributed by atoms with Gasteiger partial charge in [-0.25, -0.2) is 0 Å². The lowest BCUT2D eigenvalue weighted by Crippen LogP contribution is -2.47. The minimum absolute atomic E-state index is 0.0248. The van der Waals surface area contributed by atoms with Gasteiger partial charge in [-0.05, 0) is 37.7 Å². The molecule has 3 nitrogen and oxygen atoms in total. The second-order valence-electron chi connectivity index (χ2n) is 5.64. The van der Waals surface area contributed by atoms with Crippen LogP contribution in [0.1, 0.15) is 38.2 Å². The Labute approximate surface area is 115 Å². The molecule has 1 fully saturated rings. The molecule has 0 heterocycles. The summed E-state index contributed by atoms with van der Waals surface area (Å²) in [5.74, 6) is 0.608. The minimum Gasteiger partial charge on any atom is -0.352 e. The molecular weight excluding hydrogens is 236 g/mol. The van der Waals surface area contributed by atoms with Gasteiger partial charge in [-0.2, -0.15) is 0 Å². The number of carbonyl (C=O) groups excluding carboxylic acids is 1. The van der Waals surface area contributed by atoms with Crippen LogP contribution < -0.4 is 11.1 Å². The van der Waals surface area contributed by atoms with E-state index in [4.69, 9.17) is 5.73 Å². The number of carbonyl (C=O) groups is 1. The molecule has 2 rings (SSSR count). The maximum Gasteiger partial charge on any atom is 0.237 e. The molecule has 3 heteroatoms. The summed E-state index contributed by atoms with van der Waals surface area (Å²) in [6.07, 6.45) is 5.65. The largest absolute Gasteiger partial charge is 0.352 e. The predicted octanol–water partition coefficient (Wildman–Crippen LogP) is 2.25. The van der Waals surface area contributed by atoms with Crippen molar-refractivity contribution in [3.63, 3.8) is 0 Å². The van der Waals surface area contributed by atoms with Crippen molar-refractivity contribution in [3.05, 3.63) is 35.9 Å². The summed E-state index contributed by atoms with van der Waals surface area (Å²) in [6.45, 7) is 2.10. The zero-order valence-corrected chi connectivity index (χ0v) is 11.6. The molecule has 104 valence electrons. The van der Waals surface area contributed by atoms with E-state index < -0.39 is 6.04 Å². The van der Waals surface area contributed by atoms with E-state index in [0.29, 0.717) is 12.3 Å². The van der Waals surface area contributed by atoms with E-state index in [-0.39, 0.29) is 11.9 Å². The number of benzene rings is 1. The van der Waals surface area contributed by atoms with Gasteiger partial charge < -0.3 is 11.1 Å². The zero-order valence-electron chi connectivity index (χ0n) is 11.6. The van der Waals surface area contributed by atoms with Crippen LogP contribution in [0.3, 0.4) is 0 Å². The Morgan fingerprint density at radius 3 is 2.58 bits per heavy atom. The molecule has 0 spiro atoms. The van der Waals surface area contributed by atoms with Crippen molar-refractivity contribution < 1.29 is 4.79 Å². The van der Waals surface area contributed by atoms with Crippen molar-refractivity contribution in [2.45, 2.75) is 51.1 Å². The summed E-state index contributed by atoms with van der Waals surface area (Å²) >= 11 is 0. The van der Waals surface area contributed by atoms with Gasteiger partial charge in [0.25, 0.3) is 0 Å². The minimum atomic E-state index is -0.453. The average molecular weight is 260 g/mol. The monoisotopic (exact) mass is 260 g/mol. The van der Waals surface area contributed by atoms with Gasteiger partial charge in [-0.15, -0.1) is 0 Å². The highest BCUT2D eigenvalue weighted by atomic mass is 16.2. The summed E-state index contributed by atoms with van der Waals surface area (Å²) in [5.41, 5.74) is 7.09. The lowest BCUT2D eigenvalue weighted by Gasteiger charge is -2.22. The zero-order chi connectivity index (χ0) is 13.7. The van der Waals surface area contributed by atoms with Crippen LogP contribution in [0.4, 0.5) is 0 Å². The van der Waals surface area contributed by atoms with Gasteiger partial charge >= 0.3 is 0 Å². The molecule has 1 unspecified atom stereocenters. The maximum atomic E-state index is 12.1. The third-order valence-corrected chi connectivity index (χ3v) is 4.11. The summed E-state index contributed by atoms with van der Waals surface area (Å²) in [6, 6.07) is 9.73. The molecule has 0 aromatic heterocycles.